The van der Waals surface area contributed by atoms with Crippen LogP contribution in [0.15, 0.2) is 41.3 Å². The smallest absolute Gasteiger partial charge is 0.416 e. The van der Waals surface area contributed by atoms with E-state index in [-0.39, 0.29) is 29.4 Å². The van der Waals surface area contributed by atoms with Crippen LogP contribution in [-0.4, -0.2) is 41.1 Å². The van der Waals surface area contributed by atoms with Gasteiger partial charge in [0, 0.05) is 37.3 Å². The van der Waals surface area contributed by atoms with E-state index in [1.807, 2.05) is 0 Å². The van der Waals surface area contributed by atoms with Crippen LogP contribution in [0.5, 0.6) is 6.01 Å². The Labute approximate surface area is 166 Å². The average molecular weight is 416 g/mol. The summed E-state index contributed by atoms with van der Waals surface area (Å²) in [6.07, 6.45) is -0.972. The molecule has 1 aliphatic carbocycles. The number of aromatic amines is 1. The summed E-state index contributed by atoms with van der Waals surface area (Å²) in [5.41, 5.74) is 0.0728. The molecule has 1 saturated heterocycles. The fraction of sp³-hybridized carbons (Fsp3) is 0.474. The van der Waals surface area contributed by atoms with Gasteiger partial charge in [0.15, 0.2) is 0 Å². The quantitative estimate of drug-likeness (QED) is 0.736. The second-order valence-corrected chi connectivity index (χ2v) is 7.30. The van der Waals surface area contributed by atoms with Crippen molar-refractivity contribution in [3.8, 4) is 6.01 Å². The zero-order valence-electron chi connectivity index (χ0n) is 15.0. The Morgan fingerprint density at radius 3 is 2.68 bits per heavy atom. The number of likely N-dealkylation sites (tertiary alicyclic amines) is 1. The van der Waals surface area contributed by atoms with Crippen molar-refractivity contribution < 1.29 is 17.9 Å². The van der Waals surface area contributed by atoms with E-state index < -0.39 is 11.7 Å². The zero-order valence-corrected chi connectivity index (χ0v) is 15.9. The van der Waals surface area contributed by atoms with Crippen molar-refractivity contribution in [3.63, 3.8) is 0 Å². The van der Waals surface area contributed by atoms with Gasteiger partial charge in [0.25, 0.3) is 11.6 Å². The van der Waals surface area contributed by atoms with Gasteiger partial charge in [0.1, 0.15) is 0 Å². The molecular formula is C19H21ClF3N3O2. The van der Waals surface area contributed by atoms with Crippen molar-refractivity contribution in [1.82, 2.24) is 14.9 Å². The van der Waals surface area contributed by atoms with Crippen LogP contribution in [0.1, 0.15) is 24.0 Å². The van der Waals surface area contributed by atoms with Crippen LogP contribution in [0.4, 0.5) is 13.2 Å². The second kappa shape index (κ2) is 7.75. The summed E-state index contributed by atoms with van der Waals surface area (Å²) in [5.74, 6) is 0.516. The van der Waals surface area contributed by atoms with E-state index in [0.717, 1.165) is 38.0 Å². The van der Waals surface area contributed by atoms with Gasteiger partial charge in [-0.3, -0.25) is 4.79 Å². The molecule has 2 atom stereocenters. The first-order valence-corrected chi connectivity index (χ1v) is 8.95. The summed E-state index contributed by atoms with van der Waals surface area (Å²) in [6, 6.07) is 7.17. The van der Waals surface area contributed by atoms with Crippen LogP contribution >= 0.6 is 12.4 Å². The fourth-order valence-corrected chi connectivity index (χ4v) is 4.08. The largest absolute Gasteiger partial charge is 0.465 e. The van der Waals surface area contributed by atoms with Crippen molar-refractivity contribution >= 4 is 12.4 Å². The zero-order chi connectivity index (χ0) is 19.1. The SMILES string of the molecule is Cl.O=c1cc[nH]c(OCCCN2C[C@@H]3C[C@]3(c3ccc(C(F)(F)F)cc3)C2)n1. The number of H-pyrrole nitrogens is 1. The lowest BCUT2D eigenvalue weighted by Gasteiger charge is -2.21. The van der Waals surface area contributed by atoms with Crippen molar-refractivity contribution in [2.45, 2.75) is 24.4 Å². The number of nitrogens with zero attached hydrogens (tertiary/aromatic N) is 2. The summed E-state index contributed by atoms with van der Waals surface area (Å²) in [7, 11) is 0. The van der Waals surface area contributed by atoms with Gasteiger partial charge >= 0.3 is 6.18 Å². The summed E-state index contributed by atoms with van der Waals surface area (Å²) in [5, 5.41) is 0. The molecule has 2 aliphatic rings. The van der Waals surface area contributed by atoms with E-state index in [2.05, 4.69) is 14.9 Å². The summed E-state index contributed by atoms with van der Waals surface area (Å²) >= 11 is 0. The van der Waals surface area contributed by atoms with Gasteiger partial charge in [-0.25, -0.2) is 0 Å². The van der Waals surface area contributed by atoms with E-state index in [0.29, 0.717) is 12.5 Å². The van der Waals surface area contributed by atoms with Crippen LogP contribution in [0, 0.1) is 5.92 Å². The molecule has 1 N–H and O–H groups in total. The Kier molecular flexibility index (Phi) is 5.72. The molecule has 2 aromatic rings. The highest BCUT2D eigenvalue weighted by molar-refractivity contribution is 5.85. The van der Waals surface area contributed by atoms with E-state index in [4.69, 9.17) is 4.74 Å². The van der Waals surface area contributed by atoms with Crippen molar-refractivity contribution in [3.05, 3.63) is 58.0 Å². The first-order valence-electron chi connectivity index (χ1n) is 8.95. The number of alkyl halides is 3. The Bertz CT molecular complexity index is 872. The highest BCUT2D eigenvalue weighted by atomic mass is 35.5. The number of nitrogens with one attached hydrogen (secondary N) is 1. The molecule has 4 rings (SSSR count). The van der Waals surface area contributed by atoms with E-state index in [1.54, 1.807) is 12.1 Å². The number of aromatic nitrogens is 2. The number of piperidine rings is 1. The number of rotatable bonds is 6. The van der Waals surface area contributed by atoms with Gasteiger partial charge in [0.05, 0.1) is 12.2 Å². The highest BCUT2D eigenvalue weighted by Crippen LogP contribution is 2.59. The second-order valence-electron chi connectivity index (χ2n) is 7.30. The maximum Gasteiger partial charge on any atom is 0.416 e. The predicted octanol–water partition coefficient (Wildman–Crippen LogP) is 3.25. The van der Waals surface area contributed by atoms with Crippen LogP contribution in [0.3, 0.4) is 0 Å². The molecule has 2 heterocycles. The maximum atomic E-state index is 12.7. The first kappa shape index (κ1) is 20.7. The lowest BCUT2D eigenvalue weighted by Crippen LogP contribution is -2.28. The van der Waals surface area contributed by atoms with Crippen LogP contribution in [0.2, 0.25) is 0 Å². The van der Waals surface area contributed by atoms with Gasteiger partial charge in [-0.1, -0.05) is 12.1 Å². The number of hydrogen-bond acceptors (Lipinski definition) is 4. The molecule has 28 heavy (non-hydrogen) atoms. The molecule has 1 aliphatic heterocycles. The van der Waals surface area contributed by atoms with E-state index >= 15 is 0 Å². The molecule has 0 unspecified atom stereocenters. The number of hydrogen-bond donors (Lipinski definition) is 1. The van der Waals surface area contributed by atoms with Crippen molar-refractivity contribution in [1.29, 1.82) is 0 Å². The van der Waals surface area contributed by atoms with Crippen LogP contribution < -0.4 is 10.3 Å². The number of benzene rings is 1. The summed E-state index contributed by atoms with van der Waals surface area (Å²) in [6.45, 7) is 3.11. The first-order chi connectivity index (χ1) is 12.9. The molecule has 0 amide bonds. The normalized spacial score (nSPS) is 23.8. The third kappa shape index (κ3) is 4.17. The van der Waals surface area contributed by atoms with Crippen LogP contribution in [-0.2, 0) is 11.6 Å². The average Bonchev–Trinajstić information content (AvgIpc) is 3.20. The standard InChI is InChI=1S/C19H20F3N3O2.ClH/c20-19(21,22)14-4-2-13(3-5-14)18-10-15(18)11-25(12-18)8-1-9-27-17-23-7-6-16(26)24-17;/h2-7,15H,1,8-12H2,(H,23,24,26);1H/t15-,18+;/m0./s1. The van der Waals surface area contributed by atoms with Gasteiger partial charge < -0.3 is 14.6 Å². The highest BCUT2D eigenvalue weighted by Gasteiger charge is 2.60. The molecule has 2 fully saturated rings. The van der Waals surface area contributed by atoms with Gasteiger partial charge in [-0.05, 0) is 36.5 Å². The molecule has 0 spiro atoms. The minimum absolute atomic E-state index is 0. The van der Waals surface area contributed by atoms with Gasteiger partial charge in [0.2, 0.25) is 0 Å². The van der Waals surface area contributed by atoms with E-state index in [9.17, 15) is 18.0 Å². The molecule has 9 heteroatoms. The molecular weight excluding hydrogens is 395 g/mol. The predicted molar refractivity (Wildman–Crippen MR) is 99.9 cm³/mol. The third-order valence-electron chi connectivity index (χ3n) is 5.51. The molecule has 0 bridgehead atoms. The Morgan fingerprint density at radius 2 is 2.00 bits per heavy atom. The minimum atomic E-state index is -4.29. The number of ether oxygens (including phenoxy) is 1. The molecule has 1 aromatic carbocycles. The Hall–Kier alpha value is -2.06. The lowest BCUT2D eigenvalue weighted by molar-refractivity contribution is -0.137. The van der Waals surface area contributed by atoms with Crippen molar-refractivity contribution in [2.75, 3.05) is 26.2 Å². The Morgan fingerprint density at radius 1 is 1.25 bits per heavy atom. The van der Waals surface area contributed by atoms with Crippen molar-refractivity contribution in [2.24, 2.45) is 5.92 Å². The topological polar surface area (TPSA) is 58.2 Å². The summed E-state index contributed by atoms with van der Waals surface area (Å²) < 4.78 is 43.7. The fourth-order valence-electron chi connectivity index (χ4n) is 4.08. The molecule has 1 saturated carbocycles. The third-order valence-corrected chi connectivity index (χ3v) is 5.51. The summed E-state index contributed by atoms with van der Waals surface area (Å²) in [4.78, 5) is 19.9. The Balaban J connectivity index is 0.00000225. The minimum Gasteiger partial charge on any atom is -0.465 e. The van der Waals surface area contributed by atoms with Gasteiger partial charge in [-0.2, -0.15) is 18.2 Å². The number of halogens is 4. The van der Waals surface area contributed by atoms with E-state index in [1.165, 1.54) is 24.4 Å². The monoisotopic (exact) mass is 415 g/mol. The van der Waals surface area contributed by atoms with Gasteiger partial charge in [-0.15, -0.1) is 12.4 Å². The maximum absolute atomic E-state index is 12.7. The lowest BCUT2D eigenvalue weighted by atomic mass is 9.94. The van der Waals surface area contributed by atoms with Crippen LogP contribution in [0.25, 0.3) is 0 Å². The molecule has 152 valence electrons. The molecule has 1 aromatic heterocycles. The number of fused-ring (bicyclic) bond motifs is 1. The molecule has 0 radical (unpaired) electrons. The molecule has 5 nitrogen and oxygen atoms in total.